The molecule has 260 valence electrons. The summed E-state index contributed by atoms with van der Waals surface area (Å²) >= 11 is 13.9. The molecule has 2 fully saturated rings. The van der Waals surface area contributed by atoms with E-state index in [9.17, 15) is 14.4 Å². The summed E-state index contributed by atoms with van der Waals surface area (Å²) in [5.74, 6) is 0.416. The van der Waals surface area contributed by atoms with Gasteiger partial charge in [-0.1, -0.05) is 41.4 Å². The van der Waals surface area contributed by atoms with Crippen LogP contribution in [0.5, 0.6) is 5.88 Å². The zero-order valence-corrected chi connectivity index (χ0v) is 29.2. The molecule has 3 aromatic heterocycles. The second-order valence-electron chi connectivity index (χ2n) is 12.6. The summed E-state index contributed by atoms with van der Waals surface area (Å²) in [6, 6.07) is 10.8. The number of carbonyl (C=O) groups is 3. The number of imidazole rings is 1. The van der Waals surface area contributed by atoms with E-state index in [1.54, 1.807) is 47.0 Å². The van der Waals surface area contributed by atoms with Crippen molar-refractivity contribution in [2.24, 2.45) is 7.05 Å². The summed E-state index contributed by atoms with van der Waals surface area (Å²) < 4.78 is 7.39. The number of halogens is 2. The van der Waals surface area contributed by atoms with Crippen LogP contribution in [0.3, 0.4) is 0 Å². The van der Waals surface area contributed by atoms with Gasteiger partial charge in [-0.05, 0) is 37.6 Å². The Balaban J connectivity index is 1.08. The number of pyridine rings is 2. The van der Waals surface area contributed by atoms with Crippen LogP contribution in [0.1, 0.15) is 46.8 Å². The quantitative estimate of drug-likeness (QED) is 0.192. The smallest absolute Gasteiger partial charge is 0.291 e. The highest BCUT2D eigenvalue weighted by Crippen LogP contribution is 2.40. The van der Waals surface area contributed by atoms with Gasteiger partial charge in [-0.2, -0.15) is 0 Å². The molecule has 15 heteroatoms. The van der Waals surface area contributed by atoms with Crippen LogP contribution in [-0.2, 0) is 36.1 Å². The van der Waals surface area contributed by atoms with E-state index in [1.807, 2.05) is 19.2 Å². The Bertz CT molecular complexity index is 1980. The minimum absolute atomic E-state index is 0.0749. The summed E-state index contributed by atoms with van der Waals surface area (Å²) in [6.07, 6.45) is 4.45. The molecule has 2 unspecified atom stereocenters. The van der Waals surface area contributed by atoms with E-state index in [0.29, 0.717) is 78.1 Å². The molecule has 50 heavy (non-hydrogen) atoms. The molecule has 0 aliphatic carbocycles. The van der Waals surface area contributed by atoms with Crippen LogP contribution < -0.4 is 26.0 Å². The maximum Gasteiger partial charge on any atom is 0.291 e. The minimum atomic E-state index is -0.425. The van der Waals surface area contributed by atoms with Gasteiger partial charge in [0.05, 0.1) is 52.5 Å². The second kappa shape index (κ2) is 14.4. The summed E-state index contributed by atoms with van der Waals surface area (Å²) in [4.78, 5) is 53.5. The van der Waals surface area contributed by atoms with Crippen molar-refractivity contribution in [2.75, 3.05) is 32.1 Å². The number of nitrogens with one attached hydrogen (secondary N) is 4. The van der Waals surface area contributed by atoms with E-state index in [2.05, 4.69) is 31.2 Å². The monoisotopic (exact) mass is 717 g/mol. The summed E-state index contributed by atoms with van der Waals surface area (Å²) in [6.45, 7) is 2.97. The lowest BCUT2D eigenvalue weighted by atomic mass is 10.0. The van der Waals surface area contributed by atoms with Crippen LogP contribution in [0.2, 0.25) is 10.0 Å². The van der Waals surface area contributed by atoms with Crippen LogP contribution in [0.25, 0.3) is 22.5 Å². The summed E-state index contributed by atoms with van der Waals surface area (Å²) in [5.41, 5.74) is 5.07. The van der Waals surface area contributed by atoms with Crippen LogP contribution in [0.4, 0.5) is 5.69 Å². The molecule has 0 radical (unpaired) electrons. The van der Waals surface area contributed by atoms with Gasteiger partial charge < -0.3 is 35.5 Å². The Morgan fingerprint density at radius 2 is 1.90 bits per heavy atom. The molecular formula is C35H37Cl2N9O4. The molecule has 3 amide bonds. The molecule has 3 aliphatic rings. The van der Waals surface area contributed by atoms with Crippen molar-refractivity contribution >= 4 is 46.6 Å². The third-order valence-electron chi connectivity index (χ3n) is 9.48. The van der Waals surface area contributed by atoms with E-state index in [1.165, 1.54) is 0 Å². The van der Waals surface area contributed by atoms with Crippen molar-refractivity contribution in [3.05, 3.63) is 75.4 Å². The maximum absolute atomic E-state index is 13.5. The van der Waals surface area contributed by atoms with Crippen LogP contribution >= 0.6 is 23.2 Å². The third kappa shape index (κ3) is 6.65. The molecule has 2 atom stereocenters. The maximum atomic E-state index is 13.5. The number of nitrogens with zero attached hydrogens (tertiary/aromatic N) is 5. The van der Waals surface area contributed by atoms with Crippen molar-refractivity contribution in [1.29, 1.82) is 0 Å². The highest BCUT2D eigenvalue weighted by Gasteiger charge is 2.33. The van der Waals surface area contributed by atoms with E-state index < -0.39 is 5.91 Å². The first-order valence-corrected chi connectivity index (χ1v) is 17.3. The highest BCUT2D eigenvalue weighted by atomic mass is 35.5. The molecule has 4 N–H and O–H groups in total. The molecular weight excluding hydrogens is 681 g/mol. The lowest BCUT2D eigenvalue weighted by molar-refractivity contribution is -0.136. The fraction of sp³-hybridized carbons (Fsp3) is 0.371. The Hall–Kier alpha value is -4.56. The van der Waals surface area contributed by atoms with E-state index in [0.717, 1.165) is 36.3 Å². The van der Waals surface area contributed by atoms with Gasteiger partial charge in [0.2, 0.25) is 17.7 Å². The normalized spacial score (nSPS) is 18.3. The Morgan fingerprint density at radius 3 is 2.64 bits per heavy atom. The largest absolute Gasteiger partial charge is 0.481 e. The lowest BCUT2D eigenvalue weighted by Crippen LogP contribution is -2.55. The zero-order chi connectivity index (χ0) is 34.9. The van der Waals surface area contributed by atoms with E-state index in [-0.39, 0.29) is 34.7 Å². The Morgan fingerprint density at radius 1 is 1.06 bits per heavy atom. The number of carbonyl (C=O) groups excluding carboxylic acids is 3. The number of benzene rings is 1. The third-order valence-corrected chi connectivity index (χ3v) is 10.3. The molecule has 2 saturated heterocycles. The first kappa shape index (κ1) is 33.9. The summed E-state index contributed by atoms with van der Waals surface area (Å²) in [7, 11) is 3.37. The summed E-state index contributed by atoms with van der Waals surface area (Å²) in [5, 5.41) is 13.0. The van der Waals surface area contributed by atoms with Gasteiger partial charge in [-0.25, -0.2) is 9.97 Å². The van der Waals surface area contributed by atoms with Gasteiger partial charge in [-0.15, -0.1) is 0 Å². The van der Waals surface area contributed by atoms with Gasteiger partial charge in [-0.3, -0.25) is 19.4 Å². The number of fused-ring (bicyclic) bond motifs is 1. The number of hydrogen-bond donors (Lipinski definition) is 4. The van der Waals surface area contributed by atoms with Crippen molar-refractivity contribution in [3.8, 4) is 28.4 Å². The molecule has 13 nitrogen and oxygen atoms in total. The average molecular weight is 719 g/mol. The number of ether oxygens (including phenoxy) is 1. The van der Waals surface area contributed by atoms with Gasteiger partial charge in [0.1, 0.15) is 0 Å². The highest BCUT2D eigenvalue weighted by molar-refractivity contribution is 6.39. The molecule has 0 bridgehead atoms. The SMILES string of the molecule is COc1nc(-c2ccnc(-c3cccc(NC(=O)c4nc5c(n4C)CCN(C(=O)C4CCN4)C5)c3Cl)c2Cl)ccc1CNCC1CCC(=O)N1. The predicted octanol–water partition coefficient (Wildman–Crippen LogP) is 3.73. The molecule has 7 rings (SSSR count). The number of methoxy groups -OCH3 is 1. The molecule has 1 aromatic carbocycles. The fourth-order valence-corrected chi connectivity index (χ4v) is 7.17. The zero-order valence-electron chi connectivity index (χ0n) is 27.7. The Labute approximate surface area is 299 Å². The second-order valence-corrected chi connectivity index (χ2v) is 13.4. The van der Waals surface area contributed by atoms with Crippen LogP contribution in [0, 0.1) is 0 Å². The lowest BCUT2D eigenvalue weighted by Gasteiger charge is -2.34. The van der Waals surface area contributed by atoms with Crippen LogP contribution in [0.15, 0.2) is 42.6 Å². The molecule has 3 aliphatic heterocycles. The number of anilines is 1. The van der Waals surface area contributed by atoms with Crippen molar-refractivity contribution in [2.45, 2.75) is 50.9 Å². The van der Waals surface area contributed by atoms with E-state index in [4.69, 9.17) is 32.9 Å². The number of hydrogen-bond acceptors (Lipinski definition) is 9. The molecule has 0 saturated carbocycles. The number of aromatic nitrogens is 4. The fourth-order valence-electron chi connectivity index (χ4n) is 6.60. The van der Waals surface area contributed by atoms with Gasteiger partial charge in [0, 0.05) is 74.1 Å². The van der Waals surface area contributed by atoms with Gasteiger partial charge in [0.25, 0.3) is 5.91 Å². The first-order chi connectivity index (χ1) is 24.2. The number of rotatable bonds is 10. The molecule has 4 aromatic rings. The van der Waals surface area contributed by atoms with Crippen molar-refractivity contribution in [3.63, 3.8) is 0 Å². The average Bonchev–Trinajstić information content (AvgIpc) is 3.66. The molecule has 6 heterocycles. The van der Waals surface area contributed by atoms with Gasteiger partial charge in [0.15, 0.2) is 5.82 Å². The predicted molar refractivity (Wildman–Crippen MR) is 189 cm³/mol. The van der Waals surface area contributed by atoms with Crippen molar-refractivity contribution in [1.82, 2.24) is 40.4 Å². The standard InChI is InChI=1S/C35H37Cl2N9O4/c1-45-27-12-15-46(35(49)25-11-14-39-25)18-26(27)42-32(45)33(48)43-24-5-3-4-22(29(24)36)31-30(37)21(10-13-40-31)23-8-6-19(34(44-23)50-2)16-38-17-20-7-9-28(47)41-20/h3-6,8,10,13,20,25,38-39H,7,9,11-12,14-18H2,1-2H3,(H,41,47)(H,43,48). The minimum Gasteiger partial charge on any atom is -0.481 e. The van der Waals surface area contributed by atoms with Crippen LogP contribution in [-0.4, -0.2) is 81.0 Å². The van der Waals surface area contributed by atoms with Gasteiger partial charge >= 0.3 is 0 Å². The Kier molecular flexibility index (Phi) is 9.73. The van der Waals surface area contributed by atoms with Crippen molar-refractivity contribution < 1.29 is 19.1 Å². The van der Waals surface area contributed by atoms with E-state index >= 15 is 0 Å². The topological polar surface area (TPSA) is 155 Å². The first-order valence-electron chi connectivity index (χ1n) is 16.6. The molecule has 0 spiro atoms. The number of amides is 3.